The van der Waals surface area contributed by atoms with Crippen molar-refractivity contribution in [2.45, 2.75) is 23.8 Å². The molecular formula is C25H22N2O7S2. The number of hydrogen-bond acceptors (Lipinski definition) is 8. The number of carbonyl (C=O) groups is 5. The first-order chi connectivity index (χ1) is 17.3. The molecule has 0 bridgehead atoms. The summed E-state index contributed by atoms with van der Waals surface area (Å²) in [5.41, 5.74) is 0. The van der Waals surface area contributed by atoms with Crippen LogP contribution in [0.2, 0.25) is 0 Å². The summed E-state index contributed by atoms with van der Waals surface area (Å²) in [5.74, 6) is -3.47. The van der Waals surface area contributed by atoms with Gasteiger partial charge in [-0.1, -0.05) is 60.0 Å². The Morgan fingerprint density at radius 1 is 0.944 bits per heavy atom. The molecule has 36 heavy (non-hydrogen) atoms. The van der Waals surface area contributed by atoms with Gasteiger partial charge in [0.15, 0.2) is 0 Å². The molecule has 1 atom stereocenters. The third-order valence-corrected chi connectivity index (χ3v) is 7.49. The Hall–Kier alpha value is -3.41. The molecule has 9 nitrogen and oxygen atoms in total. The van der Waals surface area contributed by atoms with Gasteiger partial charge in [0.2, 0.25) is 0 Å². The molecule has 4 amide bonds. The van der Waals surface area contributed by atoms with E-state index in [1.54, 1.807) is 12.1 Å². The van der Waals surface area contributed by atoms with E-state index < -0.39 is 42.3 Å². The highest BCUT2D eigenvalue weighted by Crippen LogP contribution is 2.35. The van der Waals surface area contributed by atoms with Crippen molar-refractivity contribution in [3.8, 4) is 0 Å². The van der Waals surface area contributed by atoms with Gasteiger partial charge in [0.1, 0.15) is 6.61 Å². The average molecular weight is 527 g/mol. The summed E-state index contributed by atoms with van der Waals surface area (Å²) in [4.78, 5) is 66.2. The second-order valence-electron chi connectivity index (χ2n) is 7.97. The summed E-state index contributed by atoms with van der Waals surface area (Å²) >= 11 is 2.36. The summed E-state index contributed by atoms with van der Waals surface area (Å²) in [7, 11) is 0. The van der Waals surface area contributed by atoms with Crippen LogP contribution in [0, 0.1) is 0 Å². The molecule has 0 radical (unpaired) electrons. The minimum Gasteiger partial charge on any atom is -0.480 e. The molecule has 11 heteroatoms. The lowest BCUT2D eigenvalue weighted by atomic mass is 10.2. The van der Waals surface area contributed by atoms with Crippen molar-refractivity contribution < 1.29 is 33.8 Å². The fourth-order valence-electron chi connectivity index (χ4n) is 3.64. The molecule has 0 saturated carbocycles. The highest BCUT2D eigenvalue weighted by molar-refractivity contribution is 8.07. The monoisotopic (exact) mass is 526 g/mol. The topological polar surface area (TPSA) is 121 Å². The van der Waals surface area contributed by atoms with Gasteiger partial charge in [-0.2, -0.15) is 0 Å². The molecule has 1 aliphatic carbocycles. The number of rotatable bonds is 11. The second kappa shape index (κ2) is 11.5. The van der Waals surface area contributed by atoms with E-state index in [1.165, 1.54) is 23.9 Å². The molecule has 2 heterocycles. The maximum Gasteiger partial charge on any atom is 0.329 e. The van der Waals surface area contributed by atoms with Gasteiger partial charge >= 0.3 is 5.97 Å². The van der Waals surface area contributed by atoms with Crippen LogP contribution < -0.4 is 0 Å². The van der Waals surface area contributed by atoms with Crippen LogP contribution in [-0.4, -0.2) is 70.3 Å². The van der Waals surface area contributed by atoms with Gasteiger partial charge < -0.3 is 9.84 Å². The third-order valence-electron chi connectivity index (χ3n) is 5.36. The van der Waals surface area contributed by atoms with Crippen LogP contribution in [0.25, 0.3) is 0 Å². The molecule has 1 aromatic rings. The number of aliphatic carboxylic acids is 1. The normalized spacial score (nSPS) is 18.5. The number of nitrogens with zero attached hydrogens (tertiary/aromatic N) is 2. The Morgan fingerprint density at radius 3 is 2.11 bits per heavy atom. The first kappa shape index (κ1) is 25.7. The highest BCUT2D eigenvalue weighted by Gasteiger charge is 2.38. The SMILES string of the molecule is O=C(O)COC(CN1C(=O)C=C(SC2=CC=CCC2)C1=O)CN1C(=O)C=C(Sc2ccccc2)C1=O. The fraction of sp³-hybridized carbons (Fsp3) is 0.240. The summed E-state index contributed by atoms with van der Waals surface area (Å²) in [6, 6.07) is 9.06. The van der Waals surface area contributed by atoms with Crippen LogP contribution >= 0.6 is 23.5 Å². The smallest absolute Gasteiger partial charge is 0.329 e. The maximum absolute atomic E-state index is 12.9. The number of carboxylic acid groups (broad SMARTS) is 1. The van der Waals surface area contributed by atoms with Crippen molar-refractivity contribution in [3.05, 3.63) is 75.4 Å². The van der Waals surface area contributed by atoms with Gasteiger partial charge in [-0.15, -0.1) is 0 Å². The van der Waals surface area contributed by atoms with E-state index in [4.69, 9.17) is 9.84 Å². The van der Waals surface area contributed by atoms with Crippen molar-refractivity contribution in [2.75, 3.05) is 19.7 Å². The molecular weight excluding hydrogens is 504 g/mol. The Bertz CT molecular complexity index is 1220. The summed E-state index contributed by atoms with van der Waals surface area (Å²) in [6.45, 7) is -1.33. The minimum atomic E-state index is -1.26. The van der Waals surface area contributed by atoms with Gasteiger partial charge in [0, 0.05) is 17.0 Å². The second-order valence-corrected chi connectivity index (χ2v) is 10.3. The molecule has 0 fully saturated rings. The first-order valence-electron chi connectivity index (χ1n) is 11.1. The van der Waals surface area contributed by atoms with Crippen LogP contribution in [0.1, 0.15) is 12.8 Å². The predicted molar refractivity (Wildman–Crippen MR) is 133 cm³/mol. The average Bonchev–Trinajstić information content (AvgIpc) is 3.27. The standard InChI is InChI=1S/C25H22N2O7S2/c28-21-11-19(35-17-7-3-1-4-8-17)24(32)26(21)13-16(34-15-23(30)31)14-27-22(29)12-20(25(27)33)36-18-9-5-2-6-10-18/h1-5,7-9,11-12,16H,6,10,13-15H2,(H,30,31). The van der Waals surface area contributed by atoms with Crippen molar-refractivity contribution in [1.29, 1.82) is 0 Å². The fourth-order valence-corrected chi connectivity index (χ4v) is 5.55. The molecule has 0 aromatic heterocycles. The van der Waals surface area contributed by atoms with Crippen molar-refractivity contribution in [2.24, 2.45) is 0 Å². The van der Waals surface area contributed by atoms with Gasteiger partial charge in [0.05, 0.1) is 29.0 Å². The van der Waals surface area contributed by atoms with E-state index in [-0.39, 0.29) is 22.9 Å². The van der Waals surface area contributed by atoms with Crippen molar-refractivity contribution in [3.63, 3.8) is 0 Å². The third kappa shape index (κ3) is 6.23. The summed E-state index contributed by atoms with van der Waals surface area (Å²) in [5, 5.41) is 9.06. The number of benzene rings is 1. The summed E-state index contributed by atoms with van der Waals surface area (Å²) < 4.78 is 5.39. The molecule has 1 unspecified atom stereocenters. The van der Waals surface area contributed by atoms with Crippen LogP contribution in [0.3, 0.4) is 0 Å². The molecule has 0 spiro atoms. The number of hydrogen-bond donors (Lipinski definition) is 1. The van der Waals surface area contributed by atoms with Gasteiger partial charge in [-0.25, -0.2) is 4.79 Å². The number of ether oxygens (including phenoxy) is 1. The number of carboxylic acids is 1. The Labute approximate surface area is 215 Å². The predicted octanol–water partition coefficient (Wildman–Crippen LogP) is 2.72. The van der Waals surface area contributed by atoms with E-state index in [1.807, 2.05) is 36.4 Å². The quantitative estimate of drug-likeness (QED) is 0.434. The number of amides is 4. The molecule has 0 saturated heterocycles. The lowest BCUT2D eigenvalue weighted by Gasteiger charge is -2.26. The number of thioether (sulfide) groups is 2. The van der Waals surface area contributed by atoms with Crippen LogP contribution in [0.4, 0.5) is 0 Å². The molecule has 2 aliphatic heterocycles. The number of carbonyl (C=O) groups excluding carboxylic acids is 4. The Morgan fingerprint density at radius 2 is 1.56 bits per heavy atom. The largest absolute Gasteiger partial charge is 0.480 e. The zero-order valence-corrected chi connectivity index (χ0v) is 20.6. The lowest BCUT2D eigenvalue weighted by Crippen LogP contribution is -2.46. The minimum absolute atomic E-state index is 0.215. The molecule has 3 aliphatic rings. The number of allylic oxidation sites excluding steroid dienone is 4. The molecule has 4 rings (SSSR count). The van der Waals surface area contributed by atoms with Gasteiger partial charge in [0.25, 0.3) is 23.6 Å². The van der Waals surface area contributed by atoms with E-state index in [2.05, 4.69) is 0 Å². The zero-order valence-electron chi connectivity index (χ0n) is 19.0. The zero-order chi connectivity index (χ0) is 25.7. The van der Waals surface area contributed by atoms with Crippen molar-refractivity contribution in [1.82, 2.24) is 9.80 Å². The van der Waals surface area contributed by atoms with Crippen LogP contribution in [0.15, 0.2) is 80.3 Å². The Kier molecular flexibility index (Phi) is 8.24. The Balaban J connectivity index is 1.43. The number of imide groups is 2. The van der Waals surface area contributed by atoms with Crippen molar-refractivity contribution >= 4 is 53.1 Å². The summed E-state index contributed by atoms with van der Waals surface area (Å²) in [6.07, 6.45) is 8.77. The molecule has 1 aromatic carbocycles. The van der Waals surface area contributed by atoms with Gasteiger partial charge in [-0.05, 0) is 29.9 Å². The van der Waals surface area contributed by atoms with Gasteiger partial charge in [-0.3, -0.25) is 29.0 Å². The molecule has 186 valence electrons. The van der Waals surface area contributed by atoms with Crippen LogP contribution in [-0.2, 0) is 28.7 Å². The van der Waals surface area contributed by atoms with E-state index >= 15 is 0 Å². The highest BCUT2D eigenvalue weighted by atomic mass is 32.2. The van der Waals surface area contributed by atoms with E-state index in [9.17, 15) is 24.0 Å². The molecule has 1 N–H and O–H groups in total. The first-order valence-corrected chi connectivity index (χ1v) is 12.7. The maximum atomic E-state index is 12.9. The van der Waals surface area contributed by atoms with E-state index in [0.717, 1.165) is 44.2 Å². The van der Waals surface area contributed by atoms with E-state index in [0.29, 0.717) is 0 Å². The van der Waals surface area contributed by atoms with Crippen LogP contribution in [0.5, 0.6) is 0 Å². The lowest BCUT2D eigenvalue weighted by molar-refractivity contribution is -0.147.